The number of alkyl halides is 3. The Balaban J connectivity index is 1.51. The van der Waals surface area contributed by atoms with Crippen LogP contribution in [0.4, 0.5) is 13.2 Å². The van der Waals surface area contributed by atoms with E-state index in [9.17, 15) is 18.0 Å². The highest BCUT2D eigenvalue weighted by Gasteiger charge is 2.37. The van der Waals surface area contributed by atoms with Crippen molar-refractivity contribution < 1.29 is 27.4 Å². The van der Waals surface area contributed by atoms with Gasteiger partial charge < -0.3 is 9.64 Å². The first-order valence-corrected chi connectivity index (χ1v) is 17.1. The molecule has 1 aliphatic heterocycles. The third kappa shape index (κ3) is 10.7. The Morgan fingerprint density at radius 2 is 1.76 bits per heavy atom. The number of hydrogen-bond donors (Lipinski definition) is 0. The van der Waals surface area contributed by atoms with Crippen molar-refractivity contribution in [2.45, 2.75) is 108 Å². The second-order valence-electron chi connectivity index (χ2n) is 12.8. The summed E-state index contributed by atoms with van der Waals surface area (Å²) in [7, 11) is 1.98. The van der Waals surface area contributed by atoms with Crippen molar-refractivity contribution in [2.24, 2.45) is 0 Å². The van der Waals surface area contributed by atoms with Crippen LogP contribution in [0.5, 0.6) is 0 Å². The fourth-order valence-corrected chi connectivity index (χ4v) is 7.59. The molecule has 250 valence electrons. The summed E-state index contributed by atoms with van der Waals surface area (Å²) in [6, 6.07) is 13.5. The topological polar surface area (TPSA) is 42.0 Å². The van der Waals surface area contributed by atoms with E-state index in [0.29, 0.717) is 38.1 Å². The molecule has 5 nitrogen and oxygen atoms in total. The molecule has 9 heteroatoms. The molecule has 2 fully saturated rings. The van der Waals surface area contributed by atoms with Gasteiger partial charge in [0.25, 0.3) is 0 Å². The van der Waals surface area contributed by atoms with Crippen LogP contribution in [0.2, 0.25) is 5.02 Å². The maximum Gasteiger partial charge on any atom is 0.522 e. The molecule has 1 aliphatic carbocycles. The van der Waals surface area contributed by atoms with E-state index in [1.807, 2.05) is 51.2 Å². The first kappa shape index (κ1) is 35.7. The normalized spacial score (nSPS) is 21.1. The molecule has 0 amide bonds. The molecule has 1 heterocycles. The average Bonchev–Trinajstić information content (AvgIpc) is 2.99. The SMILES string of the molecule is CCOC(=O)C(c1cccc(C)c1C1CCC(OC(F)(F)F)CC1)N(C)CC[C@H](CCCN1CCCCC1)c1cccc(Cl)c1. The van der Waals surface area contributed by atoms with Gasteiger partial charge in [0.15, 0.2) is 0 Å². The van der Waals surface area contributed by atoms with E-state index in [4.69, 9.17) is 16.3 Å². The number of carbonyl (C=O) groups excluding carboxylic acids is 1. The van der Waals surface area contributed by atoms with Crippen molar-refractivity contribution in [3.63, 3.8) is 0 Å². The fraction of sp³-hybridized carbons (Fsp3) is 0.639. The van der Waals surface area contributed by atoms with E-state index in [2.05, 4.69) is 26.7 Å². The van der Waals surface area contributed by atoms with Crippen LogP contribution in [0.1, 0.15) is 111 Å². The zero-order chi connectivity index (χ0) is 32.4. The van der Waals surface area contributed by atoms with Gasteiger partial charge >= 0.3 is 12.3 Å². The molecule has 0 radical (unpaired) electrons. The molecule has 4 rings (SSSR count). The molecular formula is C36H50ClF3N2O3. The number of likely N-dealkylation sites (N-methyl/N-ethyl adjacent to an activating group) is 1. The van der Waals surface area contributed by atoms with Crippen LogP contribution in [0.3, 0.4) is 0 Å². The number of likely N-dealkylation sites (tertiary alicyclic amines) is 1. The molecular weight excluding hydrogens is 601 g/mol. The molecule has 0 N–H and O–H groups in total. The lowest BCUT2D eigenvalue weighted by molar-refractivity contribution is -0.345. The van der Waals surface area contributed by atoms with Gasteiger partial charge in [0.05, 0.1) is 12.7 Å². The largest absolute Gasteiger partial charge is 0.522 e. The van der Waals surface area contributed by atoms with Gasteiger partial charge in [-0.05, 0) is 151 Å². The quantitative estimate of drug-likeness (QED) is 0.191. The average molecular weight is 651 g/mol. The molecule has 45 heavy (non-hydrogen) atoms. The van der Waals surface area contributed by atoms with Crippen LogP contribution >= 0.6 is 11.6 Å². The van der Waals surface area contributed by atoms with Crippen molar-refractivity contribution in [2.75, 3.05) is 39.8 Å². The predicted octanol–water partition coefficient (Wildman–Crippen LogP) is 9.19. The lowest BCUT2D eigenvalue weighted by Crippen LogP contribution is -2.35. The number of aryl methyl sites for hydroxylation is 1. The third-order valence-corrected chi connectivity index (χ3v) is 9.85. The van der Waals surface area contributed by atoms with E-state index in [-0.39, 0.29) is 18.5 Å². The van der Waals surface area contributed by atoms with Crippen LogP contribution in [-0.2, 0) is 14.3 Å². The summed E-state index contributed by atoms with van der Waals surface area (Å²) in [4.78, 5) is 18.3. The lowest BCUT2D eigenvalue weighted by atomic mass is 9.77. The van der Waals surface area contributed by atoms with Gasteiger partial charge in [0.1, 0.15) is 6.04 Å². The van der Waals surface area contributed by atoms with Crippen LogP contribution in [0, 0.1) is 6.92 Å². The Hall–Kier alpha value is -2.13. The number of nitrogens with zero attached hydrogens (tertiary/aromatic N) is 2. The van der Waals surface area contributed by atoms with Crippen LogP contribution in [-0.4, -0.2) is 68.1 Å². The molecule has 1 saturated heterocycles. The zero-order valence-electron chi connectivity index (χ0n) is 27.1. The van der Waals surface area contributed by atoms with Crippen LogP contribution < -0.4 is 0 Å². The highest BCUT2D eigenvalue weighted by Crippen LogP contribution is 2.41. The van der Waals surface area contributed by atoms with Gasteiger partial charge in [-0.25, -0.2) is 4.79 Å². The van der Waals surface area contributed by atoms with E-state index in [0.717, 1.165) is 47.5 Å². The molecule has 0 aromatic heterocycles. The van der Waals surface area contributed by atoms with E-state index < -0.39 is 18.5 Å². The van der Waals surface area contributed by atoms with Gasteiger partial charge in [0.2, 0.25) is 0 Å². The predicted molar refractivity (Wildman–Crippen MR) is 174 cm³/mol. The second kappa shape index (κ2) is 17.1. The minimum absolute atomic E-state index is 0.0496. The number of benzene rings is 2. The van der Waals surface area contributed by atoms with E-state index in [1.54, 1.807) is 0 Å². The van der Waals surface area contributed by atoms with E-state index >= 15 is 0 Å². The van der Waals surface area contributed by atoms with Gasteiger partial charge in [-0.2, -0.15) is 0 Å². The minimum Gasteiger partial charge on any atom is -0.465 e. The Bertz CT molecular complexity index is 1210. The number of carbonyl (C=O) groups is 1. The standard InChI is InChI=1S/C36H50ClF3N2O3/c1-4-44-35(43)34(32-15-8-11-26(2)33(32)28-16-18-31(19-17-28)45-36(38,39)40)41(3)24-20-27(29-12-9-14-30(37)25-29)13-10-23-42-21-6-5-7-22-42/h8-9,11-12,14-15,25,27-28,31,34H,4-7,10,13,16-24H2,1-3H3/t27-,28?,31?,34?/m0/s1. The summed E-state index contributed by atoms with van der Waals surface area (Å²) in [6.07, 6.45) is 3.24. The highest BCUT2D eigenvalue weighted by molar-refractivity contribution is 6.30. The number of piperidine rings is 1. The maximum atomic E-state index is 13.6. The molecule has 2 aromatic carbocycles. The molecule has 0 spiro atoms. The molecule has 1 unspecified atom stereocenters. The Kier molecular flexibility index (Phi) is 13.6. The summed E-state index contributed by atoms with van der Waals surface area (Å²) in [5, 5.41) is 0.728. The number of halogens is 4. The second-order valence-corrected chi connectivity index (χ2v) is 13.3. The fourth-order valence-electron chi connectivity index (χ4n) is 7.39. The molecule has 2 atom stereocenters. The maximum absolute atomic E-state index is 13.6. The van der Waals surface area contributed by atoms with Crippen LogP contribution in [0.25, 0.3) is 0 Å². The highest BCUT2D eigenvalue weighted by atomic mass is 35.5. The van der Waals surface area contributed by atoms with Crippen molar-refractivity contribution in [1.82, 2.24) is 9.80 Å². The van der Waals surface area contributed by atoms with Crippen molar-refractivity contribution in [3.05, 3.63) is 69.7 Å². The third-order valence-electron chi connectivity index (χ3n) is 9.61. The van der Waals surface area contributed by atoms with Crippen molar-refractivity contribution in [1.29, 1.82) is 0 Å². The molecule has 0 bridgehead atoms. The van der Waals surface area contributed by atoms with Gasteiger partial charge in [-0.15, -0.1) is 13.2 Å². The van der Waals surface area contributed by atoms with E-state index in [1.165, 1.54) is 37.9 Å². The minimum atomic E-state index is -4.63. The van der Waals surface area contributed by atoms with Gasteiger partial charge in [-0.3, -0.25) is 9.64 Å². The monoisotopic (exact) mass is 650 g/mol. The van der Waals surface area contributed by atoms with Crippen LogP contribution in [0.15, 0.2) is 42.5 Å². The lowest BCUT2D eigenvalue weighted by Gasteiger charge is -2.35. The van der Waals surface area contributed by atoms with Gasteiger partial charge in [0, 0.05) is 5.02 Å². The summed E-state index contributed by atoms with van der Waals surface area (Å²) in [5.41, 5.74) is 4.21. The smallest absolute Gasteiger partial charge is 0.465 e. The Labute approximate surface area is 272 Å². The molecule has 2 aliphatic rings. The Morgan fingerprint density at radius 1 is 1.04 bits per heavy atom. The Morgan fingerprint density at radius 3 is 2.42 bits per heavy atom. The summed E-state index contributed by atoms with van der Waals surface area (Å²) >= 11 is 6.42. The summed E-state index contributed by atoms with van der Waals surface area (Å²) in [5.74, 6) is 0.0404. The zero-order valence-corrected chi connectivity index (χ0v) is 27.8. The number of esters is 1. The molecule has 2 aromatic rings. The number of rotatable bonds is 14. The van der Waals surface area contributed by atoms with Crippen molar-refractivity contribution in [3.8, 4) is 0 Å². The summed E-state index contributed by atoms with van der Waals surface area (Å²) < 4.78 is 48.6. The first-order chi connectivity index (χ1) is 21.6. The first-order valence-electron chi connectivity index (χ1n) is 16.7. The number of hydrogen-bond acceptors (Lipinski definition) is 5. The summed E-state index contributed by atoms with van der Waals surface area (Å²) in [6.45, 7) is 8.24. The molecule has 1 saturated carbocycles. The number of ether oxygens (including phenoxy) is 2. The van der Waals surface area contributed by atoms with Gasteiger partial charge in [-0.1, -0.05) is 48.4 Å². The van der Waals surface area contributed by atoms with Crippen molar-refractivity contribution >= 4 is 17.6 Å².